The van der Waals surface area contributed by atoms with Gasteiger partial charge in [0.05, 0.1) is 29.6 Å². The highest BCUT2D eigenvalue weighted by Gasteiger charge is 2.20. The first kappa shape index (κ1) is 20.3. The third-order valence-electron chi connectivity index (χ3n) is 3.91. The van der Waals surface area contributed by atoms with E-state index in [0.717, 1.165) is 15.3 Å². The van der Waals surface area contributed by atoms with Crippen molar-refractivity contribution < 1.29 is 32.2 Å². The van der Waals surface area contributed by atoms with Crippen LogP contribution >= 0.6 is 11.3 Å². The summed E-state index contributed by atoms with van der Waals surface area (Å²) in [5.41, 5.74) is 0.630. The molecule has 0 radical (unpaired) electrons. The molecular formula is C16H19N3O7S2. The van der Waals surface area contributed by atoms with Gasteiger partial charge in [-0.05, 0) is 6.92 Å². The fourth-order valence-electron chi connectivity index (χ4n) is 2.48. The van der Waals surface area contributed by atoms with Crippen molar-refractivity contribution in [1.82, 2.24) is 8.87 Å². The van der Waals surface area contributed by atoms with Crippen molar-refractivity contribution in [2.45, 2.75) is 13.5 Å². The Bertz CT molecular complexity index is 1100. The number of sulfonamides is 1. The normalized spacial score (nSPS) is 14.1. The number of aromatic nitrogens is 1. The van der Waals surface area contributed by atoms with Gasteiger partial charge in [0.2, 0.25) is 16.8 Å². The number of amides is 1. The molecule has 3 rings (SSSR count). The molecule has 152 valence electrons. The van der Waals surface area contributed by atoms with Crippen molar-refractivity contribution >= 4 is 43.5 Å². The molecule has 0 bridgehead atoms. The van der Waals surface area contributed by atoms with Gasteiger partial charge in [0.25, 0.3) is 5.91 Å². The van der Waals surface area contributed by atoms with Gasteiger partial charge in [0.15, 0.2) is 16.3 Å². The van der Waals surface area contributed by atoms with Crippen molar-refractivity contribution in [2.24, 2.45) is 4.99 Å². The summed E-state index contributed by atoms with van der Waals surface area (Å²) in [6, 6.07) is 3.45. The lowest BCUT2D eigenvalue weighted by molar-refractivity contribution is -0.143. The number of carbonyl (C=O) groups is 2. The van der Waals surface area contributed by atoms with Gasteiger partial charge in [0.1, 0.15) is 6.54 Å². The van der Waals surface area contributed by atoms with Crippen LogP contribution in [0.25, 0.3) is 10.2 Å². The minimum Gasteiger partial charge on any atom is -0.465 e. The Morgan fingerprint density at radius 1 is 1.32 bits per heavy atom. The highest BCUT2D eigenvalue weighted by molar-refractivity contribution is 7.88. The molecule has 12 heteroatoms. The Kier molecular flexibility index (Phi) is 5.72. The van der Waals surface area contributed by atoms with Crippen LogP contribution in [0.4, 0.5) is 0 Å². The molecule has 28 heavy (non-hydrogen) atoms. The smallest absolute Gasteiger partial charge is 0.326 e. The van der Waals surface area contributed by atoms with E-state index in [0.29, 0.717) is 17.0 Å². The van der Waals surface area contributed by atoms with Crippen LogP contribution in [0.2, 0.25) is 0 Å². The molecule has 0 spiro atoms. The predicted octanol–water partition coefficient (Wildman–Crippen LogP) is 0.313. The number of rotatable bonds is 6. The molecule has 0 aliphatic carbocycles. The van der Waals surface area contributed by atoms with E-state index in [2.05, 4.69) is 4.99 Å². The average Bonchev–Trinajstić information content (AvgIpc) is 3.16. The zero-order valence-corrected chi connectivity index (χ0v) is 17.1. The minimum atomic E-state index is -3.52. The molecule has 0 fully saturated rings. The summed E-state index contributed by atoms with van der Waals surface area (Å²) >= 11 is 1.18. The average molecular weight is 429 g/mol. The first-order valence-electron chi connectivity index (χ1n) is 8.26. The summed E-state index contributed by atoms with van der Waals surface area (Å²) in [5.74, 6) is -0.0523. The van der Waals surface area contributed by atoms with E-state index in [4.69, 9.17) is 14.2 Å². The lowest BCUT2D eigenvalue weighted by Gasteiger charge is -2.10. The summed E-state index contributed by atoms with van der Waals surface area (Å²) in [5, 5.41) is 0. The Morgan fingerprint density at radius 3 is 2.64 bits per heavy atom. The second-order valence-corrected chi connectivity index (χ2v) is 9.07. The molecule has 1 aliphatic heterocycles. The molecule has 1 aromatic heterocycles. The third kappa shape index (κ3) is 4.34. The maximum atomic E-state index is 12.3. The van der Waals surface area contributed by atoms with Crippen LogP contribution in [0.1, 0.15) is 6.92 Å². The topological polar surface area (TPSA) is 116 Å². The van der Waals surface area contributed by atoms with Gasteiger partial charge < -0.3 is 18.8 Å². The highest BCUT2D eigenvalue weighted by Crippen LogP contribution is 2.36. The maximum Gasteiger partial charge on any atom is 0.326 e. The molecule has 0 saturated heterocycles. The number of nitrogens with zero attached hydrogens (tertiary/aromatic N) is 3. The van der Waals surface area contributed by atoms with Crippen LogP contribution in [0.15, 0.2) is 17.1 Å². The van der Waals surface area contributed by atoms with E-state index in [1.807, 2.05) is 0 Å². The summed E-state index contributed by atoms with van der Waals surface area (Å²) in [7, 11) is -2.23. The summed E-state index contributed by atoms with van der Waals surface area (Å²) in [6.45, 7) is 1.47. The van der Waals surface area contributed by atoms with Crippen molar-refractivity contribution in [3.05, 3.63) is 16.9 Å². The largest absolute Gasteiger partial charge is 0.465 e. The molecule has 0 unspecified atom stereocenters. The first-order chi connectivity index (χ1) is 13.2. The molecule has 2 aromatic rings. The predicted molar refractivity (Wildman–Crippen MR) is 101 cm³/mol. The molecule has 0 N–H and O–H groups in total. The van der Waals surface area contributed by atoms with Crippen LogP contribution in [0.3, 0.4) is 0 Å². The van der Waals surface area contributed by atoms with E-state index >= 15 is 0 Å². The number of ether oxygens (including phenoxy) is 3. The van der Waals surface area contributed by atoms with Crippen LogP contribution in [0.5, 0.6) is 11.5 Å². The Labute approximate surface area is 165 Å². The van der Waals surface area contributed by atoms with Gasteiger partial charge in [0, 0.05) is 19.2 Å². The molecule has 0 atom stereocenters. The van der Waals surface area contributed by atoms with Crippen molar-refractivity contribution in [1.29, 1.82) is 0 Å². The van der Waals surface area contributed by atoms with Crippen LogP contribution in [0, 0.1) is 0 Å². The number of esters is 1. The number of carbonyl (C=O) groups excluding carboxylic acids is 2. The summed E-state index contributed by atoms with van der Waals surface area (Å²) in [4.78, 5) is 28.6. The Balaban J connectivity index is 2.04. The summed E-state index contributed by atoms with van der Waals surface area (Å²) < 4.78 is 41.9. The van der Waals surface area contributed by atoms with E-state index in [1.165, 1.54) is 23.0 Å². The fraction of sp³-hybridized carbons (Fsp3) is 0.438. The quantitative estimate of drug-likeness (QED) is 0.607. The lowest BCUT2D eigenvalue weighted by Crippen LogP contribution is -2.32. The maximum absolute atomic E-state index is 12.3. The molecule has 10 nitrogen and oxygen atoms in total. The number of likely N-dealkylation sites (N-methyl/N-ethyl adjacent to an activating group) is 1. The number of thiazole rings is 1. The third-order valence-corrected chi connectivity index (χ3v) is 6.22. The number of hydrogen-bond acceptors (Lipinski definition) is 8. The van der Waals surface area contributed by atoms with Crippen molar-refractivity contribution in [3.8, 4) is 11.5 Å². The second-order valence-electron chi connectivity index (χ2n) is 5.97. The van der Waals surface area contributed by atoms with E-state index < -0.39 is 28.4 Å². The van der Waals surface area contributed by atoms with Crippen LogP contribution in [-0.2, 0) is 30.9 Å². The van der Waals surface area contributed by atoms with E-state index in [9.17, 15) is 18.0 Å². The second kappa shape index (κ2) is 7.89. The fourth-order valence-corrected chi connectivity index (χ4v) is 3.89. The van der Waals surface area contributed by atoms with Crippen molar-refractivity contribution in [2.75, 3.05) is 33.2 Å². The van der Waals surface area contributed by atoms with Gasteiger partial charge in [-0.1, -0.05) is 11.3 Å². The zero-order valence-electron chi connectivity index (χ0n) is 15.5. The number of benzene rings is 1. The Hall–Kier alpha value is -2.44. The first-order valence-corrected chi connectivity index (χ1v) is 10.9. The minimum absolute atomic E-state index is 0.109. The van der Waals surface area contributed by atoms with Crippen molar-refractivity contribution in [3.63, 3.8) is 0 Å². The highest BCUT2D eigenvalue weighted by atomic mass is 32.2. The zero-order chi connectivity index (χ0) is 20.5. The lowest BCUT2D eigenvalue weighted by atomic mass is 10.3. The Morgan fingerprint density at radius 2 is 2.00 bits per heavy atom. The standard InChI is InChI=1S/C16H19N3O7S2/c1-4-24-15(21)8-19-10-5-11-12(26-9-25-11)6-13(10)27-16(19)17-14(20)7-18(2)28(3,22)23/h5-6H,4,7-9H2,1-3H3. The van der Waals surface area contributed by atoms with Crippen LogP contribution < -0.4 is 14.3 Å². The van der Waals surface area contributed by atoms with Gasteiger partial charge in [-0.15, -0.1) is 0 Å². The van der Waals surface area contributed by atoms with Gasteiger partial charge >= 0.3 is 5.97 Å². The molecule has 1 aliphatic rings. The number of hydrogen-bond donors (Lipinski definition) is 0. The van der Waals surface area contributed by atoms with E-state index in [-0.39, 0.29) is 24.7 Å². The number of fused-ring (bicyclic) bond motifs is 2. The molecule has 2 heterocycles. The summed E-state index contributed by atoms with van der Waals surface area (Å²) in [6.07, 6.45) is 1.00. The van der Waals surface area contributed by atoms with E-state index in [1.54, 1.807) is 19.1 Å². The van der Waals surface area contributed by atoms with Gasteiger partial charge in [-0.3, -0.25) is 9.59 Å². The molecule has 1 amide bonds. The van der Waals surface area contributed by atoms with Gasteiger partial charge in [-0.2, -0.15) is 9.30 Å². The van der Waals surface area contributed by atoms with Crippen LogP contribution in [-0.4, -0.2) is 62.4 Å². The van der Waals surface area contributed by atoms with Gasteiger partial charge in [-0.25, -0.2) is 8.42 Å². The molecule has 0 saturated carbocycles. The monoisotopic (exact) mass is 429 g/mol. The molecule has 1 aromatic carbocycles. The molecular weight excluding hydrogens is 410 g/mol. The SMILES string of the molecule is CCOC(=O)Cn1c(=NC(=O)CN(C)S(C)(=O)=O)sc2cc3c(cc21)OCO3.